The largest absolute Gasteiger partial charge is 0.496 e. The first-order valence-electron chi connectivity index (χ1n) is 8.32. The fourth-order valence-electron chi connectivity index (χ4n) is 3.66. The van der Waals surface area contributed by atoms with E-state index < -0.39 is 0 Å². The van der Waals surface area contributed by atoms with Crippen molar-refractivity contribution in [2.75, 3.05) is 7.11 Å². The minimum atomic E-state index is 0.468. The van der Waals surface area contributed by atoms with Gasteiger partial charge >= 0.3 is 0 Å². The average Bonchev–Trinajstić information content (AvgIpc) is 2.67. The number of allylic oxidation sites excluding steroid dienone is 1. The molecular formula is C21H26O. The second-order valence-corrected chi connectivity index (χ2v) is 6.88. The summed E-state index contributed by atoms with van der Waals surface area (Å²) in [5, 5.41) is 2.68. The van der Waals surface area contributed by atoms with Crippen molar-refractivity contribution in [1.82, 2.24) is 0 Å². The van der Waals surface area contributed by atoms with Crippen molar-refractivity contribution in [1.29, 1.82) is 0 Å². The first-order valence-corrected chi connectivity index (χ1v) is 8.32. The molecule has 116 valence electrons. The normalized spacial score (nSPS) is 14.7. The summed E-state index contributed by atoms with van der Waals surface area (Å²) in [5.41, 5.74) is 7.15. The Hall–Kier alpha value is -1.76. The van der Waals surface area contributed by atoms with Crippen LogP contribution in [0.2, 0.25) is 0 Å². The Morgan fingerprint density at radius 2 is 1.82 bits per heavy atom. The van der Waals surface area contributed by atoms with Crippen molar-refractivity contribution in [2.45, 2.75) is 52.9 Å². The maximum absolute atomic E-state index is 5.64. The molecule has 2 aromatic rings. The predicted octanol–water partition coefficient (Wildman–Crippen LogP) is 6.02. The maximum atomic E-state index is 5.64. The van der Waals surface area contributed by atoms with Crippen LogP contribution < -0.4 is 4.74 Å². The summed E-state index contributed by atoms with van der Waals surface area (Å²) in [6, 6.07) is 6.93. The van der Waals surface area contributed by atoms with Gasteiger partial charge in [0, 0.05) is 0 Å². The van der Waals surface area contributed by atoms with Gasteiger partial charge in [-0.1, -0.05) is 25.5 Å². The Kier molecular flexibility index (Phi) is 3.99. The predicted molar refractivity (Wildman–Crippen MR) is 95.9 cm³/mol. The third kappa shape index (κ3) is 2.54. The number of fused-ring (bicyclic) bond motifs is 2. The van der Waals surface area contributed by atoms with E-state index in [0.29, 0.717) is 5.92 Å². The second-order valence-electron chi connectivity index (χ2n) is 6.88. The van der Waals surface area contributed by atoms with Crippen molar-refractivity contribution >= 4 is 16.8 Å². The summed E-state index contributed by atoms with van der Waals surface area (Å²) < 4.78 is 5.64. The van der Waals surface area contributed by atoms with E-state index in [-0.39, 0.29) is 0 Å². The lowest BCUT2D eigenvalue weighted by Crippen LogP contribution is -1.98. The third-order valence-electron chi connectivity index (χ3n) is 4.94. The number of methoxy groups -OCH3 is 1. The van der Waals surface area contributed by atoms with Gasteiger partial charge in [-0.3, -0.25) is 0 Å². The van der Waals surface area contributed by atoms with Crippen LogP contribution in [0.1, 0.15) is 61.8 Å². The monoisotopic (exact) mass is 294 g/mol. The molecule has 0 saturated heterocycles. The minimum Gasteiger partial charge on any atom is -0.496 e. The van der Waals surface area contributed by atoms with Crippen molar-refractivity contribution in [2.24, 2.45) is 0 Å². The van der Waals surface area contributed by atoms with E-state index in [1.807, 2.05) is 0 Å². The molecule has 0 saturated carbocycles. The lowest BCUT2D eigenvalue weighted by Gasteiger charge is -2.17. The second kappa shape index (κ2) is 5.79. The molecule has 22 heavy (non-hydrogen) atoms. The standard InChI is InChI=1S/C21H26O/c1-13(2)19-11-17-10-16-9-14(3)7-6-8-18(16)15(4)20(17)12-21(19)22-5/h9-13H,6-8H2,1-5H3. The van der Waals surface area contributed by atoms with Gasteiger partial charge in [0.15, 0.2) is 0 Å². The van der Waals surface area contributed by atoms with Gasteiger partial charge < -0.3 is 4.74 Å². The molecule has 1 aliphatic rings. The number of benzene rings is 2. The van der Waals surface area contributed by atoms with Gasteiger partial charge in [0.05, 0.1) is 7.11 Å². The number of ether oxygens (including phenoxy) is 1. The molecule has 0 aromatic heterocycles. The smallest absolute Gasteiger partial charge is 0.122 e. The highest BCUT2D eigenvalue weighted by molar-refractivity contribution is 5.91. The van der Waals surface area contributed by atoms with Gasteiger partial charge in [-0.15, -0.1) is 0 Å². The van der Waals surface area contributed by atoms with E-state index in [9.17, 15) is 0 Å². The molecule has 0 atom stereocenters. The molecule has 0 fully saturated rings. The first-order chi connectivity index (χ1) is 10.5. The molecule has 1 nitrogen and oxygen atoms in total. The zero-order valence-corrected chi connectivity index (χ0v) is 14.4. The molecule has 0 radical (unpaired) electrons. The van der Waals surface area contributed by atoms with E-state index in [0.717, 1.165) is 5.75 Å². The Morgan fingerprint density at radius 3 is 2.50 bits per heavy atom. The van der Waals surface area contributed by atoms with Crippen LogP contribution in [0.25, 0.3) is 16.8 Å². The SMILES string of the molecule is COc1cc2c(C)c3c(cc2cc1C(C)C)C=C(C)CCC3. The highest BCUT2D eigenvalue weighted by Gasteiger charge is 2.15. The van der Waals surface area contributed by atoms with Crippen LogP contribution in [0.5, 0.6) is 5.75 Å². The van der Waals surface area contributed by atoms with E-state index >= 15 is 0 Å². The van der Waals surface area contributed by atoms with Crippen LogP contribution in [-0.2, 0) is 6.42 Å². The number of rotatable bonds is 2. The third-order valence-corrected chi connectivity index (χ3v) is 4.94. The highest BCUT2D eigenvalue weighted by Crippen LogP contribution is 2.36. The first kappa shape index (κ1) is 15.1. The minimum absolute atomic E-state index is 0.468. The van der Waals surface area contributed by atoms with E-state index in [1.165, 1.54) is 57.9 Å². The fourth-order valence-corrected chi connectivity index (χ4v) is 3.66. The summed E-state index contributed by atoms with van der Waals surface area (Å²) in [6.45, 7) is 8.97. The van der Waals surface area contributed by atoms with Crippen LogP contribution in [0.3, 0.4) is 0 Å². The zero-order valence-electron chi connectivity index (χ0n) is 14.4. The van der Waals surface area contributed by atoms with Crippen LogP contribution in [0.4, 0.5) is 0 Å². The molecule has 1 aliphatic carbocycles. The molecule has 0 N–H and O–H groups in total. The summed E-state index contributed by atoms with van der Waals surface area (Å²) in [6.07, 6.45) is 6.03. The average molecular weight is 294 g/mol. The quantitative estimate of drug-likeness (QED) is 0.658. The van der Waals surface area contributed by atoms with E-state index in [4.69, 9.17) is 4.74 Å². The topological polar surface area (TPSA) is 9.23 Å². The van der Waals surface area contributed by atoms with Gasteiger partial charge in [-0.25, -0.2) is 0 Å². The Labute approximate surface area is 134 Å². The molecule has 0 spiro atoms. The maximum Gasteiger partial charge on any atom is 0.122 e. The molecule has 3 rings (SSSR count). The molecular weight excluding hydrogens is 268 g/mol. The van der Waals surface area contributed by atoms with E-state index in [2.05, 4.69) is 52.0 Å². The number of hydrogen-bond donors (Lipinski definition) is 0. The zero-order chi connectivity index (χ0) is 15.9. The van der Waals surface area contributed by atoms with Crippen molar-refractivity contribution < 1.29 is 4.74 Å². The molecule has 0 amide bonds. The summed E-state index contributed by atoms with van der Waals surface area (Å²) >= 11 is 0. The summed E-state index contributed by atoms with van der Waals surface area (Å²) in [7, 11) is 1.78. The van der Waals surface area contributed by atoms with Gasteiger partial charge in [0.25, 0.3) is 0 Å². The fraction of sp³-hybridized carbons (Fsp3) is 0.429. The van der Waals surface area contributed by atoms with Gasteiger partial charge in [-0.2, -0.15) is 0 Å². The van der Waals surface area contributed by atoms with Gasteiger partial charge in [-0.05, 0) is 90.3 Å². The number of aryl methyl sites for hydroxylation is 1. The van der Waals surface area contributed by atoms with Crippen LogP contribution in [0.15, 0.2) is 23.8 Å². The van der Waals surface area contributed by atoms with E-state index in [1.54, 1.807) is 7.11 Å². The van der Waals surface area contributed by atoms with Crippen molar-refractivity contribution in [3.05, 3.63) is 46.0 Å². The van der Waals surface area contributed by atoms with Gasteiger partial charge in [0.1, 0.15) is 5.75 Å². The highest BCUT2D eigenvalue weighted by atomic mass is 16.5. The molecule has 0 unspecified atom stereocenters. The summed E-state index contributed by atoms with van der Waals surface area (Å²) in [5.74, 6) is 1.49. The van der Waals surface area contributed by atoms with Crippen molar-refractivity contribution in [3.63, 3.8) is 0 Å². The molecule has 0 heterocycles. The Balaban J connectivity index is 2.31. The Bertz CT molecular complexity index is 750. The van der Waals surface area contributed by atoms with Crippen LogP contribution in [-0.4, -0.2) is 7.11 Å². The molecule has 1 heteroatoms. The van der Waals surface area contributed by atoms with Gasteiger partial charge in [0.2, 0.25) is 0 Å². The van der Waals surface area contributed by atoms with Crippen molar-refractivity contribution in [3.8, 4) is 5.75 Å². The summed E-state index contributed by atoms with van der Waals surface area (Å²) in [4.78, 5) is 0. The molecule has 2 aromatic carbocycles. The lowest BCUT2D eigenvalue weighted by molar-refractivity contribution is 0.408. The number of hydrogen-bond acceptors (Lipinski definition) is 1. The molecule has 0 bridgehead atoms. The van der Waals surface area contributed by atoms with Crippen LogP contribution in [0, 0.1) is 6.92 Å². The van der Waals surface area contributed by atoms with Crippen LogP contribution >= 0.6 is 0 Å². The lowest BCUT2D eigenvalue weighted by atomic mass is 9.90. The molecule has 0 aliphatic heterocycles. The Morgan fingerprint density at radius 1 is 1.05 bits per heavy atom.